The SMILES string of the molecule is N=C1C(c2nc3ccccc3s2)=C(O)CN1CC1CCN(Cc2ccccc2F)CC1. The molecule has 0 aliphatic carbocycles. The van der Waals surface area contributed by atoms with Crippen LogP contribution in [-0.4, -0.2) is 51.9 Å². The molecular weight excluding hydrogens is 411 g/mol. The second-order valence-electron chi connectivity index (χ2n) is 8.35. The van der Waals surface area contributed by atoms with Gasteiger partial charge in [0.1, 0.15) is 22.4 Å². The molecule has 1 fully saturated rings. The van der Waals surface area contributed by atoms with Crippen molar-refractivity contribution >= 4 is 33.0 Å². The van der Waals surface area contributed by atoms with E-state index in [0.717, 1.165) is 48.3 Å². The minimum atomic E-state index is -0.140. The molecule has 1 aromatic heterocycles. The first-order chi connectivity index (χ1) is 15.1. The normalized spacial score (nSPS) is 18.5. The van der Waals surface area contributed by atoms with E-state index >= 15 is 0 Å². The second kappa shape index (κ2) is 8.40. The van der Waals surface area contributed by atoms with Crippen molar-refractivity contribution in [2.45, 2.75) is 19.4 Å². The molecule has 3 heterocycles. The Morgan fingerprint density at radius 1 is 1.10 bits per heavy atom. The zero-order chi connectivity index (χ0) is 21.4. The number of fused-ring (bicyclic) bond motifs is 1. The van der Waals surface area contributed by atoms with Gasteiger partial charge in [-0.1, -0.05) is 30.3 Å². The van der Waals surface area contributed by atoms with Crippen molar-refractivity contribution in [2.24, 2.45) is 5.92 Å². The van der Waals surface area contributed by atoms with E-state index in [1.807, 2.05) is 41.3 Å². The van der Waals surface area contributed by atoms with Crippen LogP contribution >= 0.6 is 11.3 Å². The van der Waals surface area contributed by atoms with E-state index < -0.39 is 0 Å². The van der Waals surface area contributed by atoms with Crippen LogP contribution in [0.5, 0.6) is 0 Å². The Labute approximate surface area is 185 Å². The monoisotopic (exact) mass is 436 g/mol. The van der Waals surface area contributed by atoms with Crippen LogP contribution in [0.1, 0.15) is 23.4 Å². The van der Waals surface area contributed by atoms with Crippen LogP contribution in [0.3, 0.4) is 0 Å². The lowest BCUT2D eigenvalue weighted by molar-refractivity contribution is 0.159. The van der Waals surface area contributed by atoms with Gasteiger partial charge < -0.3 is 10.0 Å². The van der Waals surface area contributed by atoms with Crippen LogP contribution in [-0.2, 0) is 6.54 Å². The number of piperidine rings is 1. The van der Waals surface area contributed by atoms with E-state index in [2.05, 4.69) is 9.88 Å². The van der Waals surface area contributed by atoms with Gasteiger partial charge in [-0.05, 0) is 50.0 Å². The Bertz CT molecular complexity index is 1120. The van der Waals surface area contributed by atoms with Crippen molar-refractivity contribution in [1.82, 2.24) is 14.8 Å². The van der Waals surface area contributed by atoms with Gasteiger partial charge >= 0.3 is 0 Å². The number of amidine groups is 1. The molecule has 2 aliphatic heterocycles. The maximum atomic E-state index is 13.9. The summed E-state index contributed by atoms with van der Waals surface area (Å²) in [6, 6.07) is 14.9. The van der Waals surface area contributed by atoms with Crippen LogP contribution in [0.2, 0.25) is 0 Å². The molecule has 0 atom stereocenters. The van der Waals surface area contributed by atoms with E-state index in [4.69, 9.17) is 5.41 Å². The quantitative estimate of drug-likeness (QED) is 0.597. The number of thiazole rings is 1. The number of nitrogens with one attached hydrogen (secondary N) is 1. The zero-order valence-corrected chi connectivity index (χ0v) is 18.0. The molecule has 0 saturated carbocycles. The Balaban J connectivity index is 1.19. The van der Waals surface area contributed by atoms with Crippen molar-refractivity contribution in [1.29, 1.82) is 5.41 Å². The largest absolute Gasteiger partial charge is 0.510 e. The first kappa shape index (κ1) is 20.2. The Morgan fingerprint density at radius 2 is 1.84 bits per heavy atom. The summed E-state index contributed by atoms with van der Waals surface area (Å²) in [7, 11) is 0. The van der Waals surface area contributed by atoms with Crippen LogP contribution < -0.4 is 0 Å². The summed E-state index contributed by atoms with van der Waals surface area (Å²) >= 11 is 1.52. The Hall–Kier alpha value is -2.77. The predicted octanol–water partition coefficient (Wildman–Crippen LogP) is 4.91. The molecule has 160 valence electrons. The highest BCUT2D eigenvalue weighted by Gasteiger charge is 2.32. The number of likely N-dealkylation sites (tertiary alicyclic amines) is 1. The van der Waals surface area contributed by atoms with E-state index in [0.29, 0.717) is 35.4 Å². The number of hydrogen-bond donors (Lipinski definition) is 2. The van der Waals surface area contributed by atoms with Crippen molar-refractivity contribution in [3.05, 3.63) is 70.7 Å². The fourth-order valence-electron chi connectivity index (χ4n) is 4.50. The van der Waals surface area contributed by atoms with E-state index in [-0.39, 0.29) is 11.6 Å². The first-order valence-corrected chi connectivity index (χ1v) is 11.5. The van der Waals surface area contributed by atoms with Crippen molar-refractivity contribution < 1.29 is 9.50 Å². The number of benzene rings is 2. The third kappa shape index (κ3) is 4.07. The van der Waals surface area contributed by atoms with Gasteiger partial charge in [-0.25, -0.2) is 9.37 Å². The molecule has 5 rings (SSSR count). The van der Waals surface area contributed by atoms with Gasteiger partial charge in [-0.3, -0.25) is 10.3 Å². The van der Waals surface area contributed by atoms with Crippen molar-refractivity contribution in [2.75, 3.05) is 26.2 Å². The Morgan fingerprint density at radius 3 is 2.61 bits per heavy atom. The first-order valence-electron chi connectivity index (χ1n) is 10.7. The van der Waals surface area contributed by atoms with Crippen molar-refractivity contribution in [3.8, 4) is 0 Å². The topological polar surface area (TPSA) is 63.5 Å². The molecule has 0 amide bonds. The maximum Gasteiger partial charge on any atom is 0.135 e. The minimum absolute atomic E-state index is 0.140. The lowest BCUT2D eigenvalue weighted by Gasteiger charge is -2.34. The standard InChI is InChI=1S/C24H25FN4OS/c25-18-6-2-1-5-17(18)14-28-11-9-16(10-12-28)13-29-15-20(30)22(23(29)26)24-27-19-7-3-4-8-21(19)31-24/h1-8,16,26,30H,9-15H2. The van der Waals surface area contributed by atoms with E-state index in [9.17, 15) is 9.50 Å². The number of rotatable bonds is 5. The Kier molecular flexibility index (Phi) is 5.46. The lowest BCUT2D eigenvalue weighted by Crippen LogP contribution is -2.39. The number of aliphatic hydroxyl groups is 1. The zero-order valence-electron chi connectivity index (χ0n) is 17.2. The summed E-state index contributed by atoms with van der Waals surface area (Å²) in [6.07, 6.45) is 2.02. The van der Waals surface area contributed by atoms with Gasteiger partial charge in [-0.2, -0.15) is 0 Å². The number of halogens is 1. The van der Waals surface area contributed by atoms with E-state index in [1.165, 1.54) is 17.4 Å². The molecule has 31 heavy (non-hydrogen) atoms. The average molecular weight is 437 g/mol. The maximum absolute atomic E-state index is 13.9. The van der Waals surface area contributed by atoms with Crippen LogP contribution in [0.25, 0.3) is 15.8 Å². The number of para-hydroxylation sites is 1. The fraction of sp³-hybridized carbons (Fsp3) is 0.333. The summed E-state index contributed by atoms with van der Waals surface area (Å²) in [5.74, 6) is 0.921. The number of aliphatic hydroxyl groups excluding tert-OH is 1. The molecule has 2 N–H and O–H groups in total. The molecular formula is C24H25FN4OS. The summed E-state index contributed by atoms with van der Waals surface area (Å²) in [6.45, 7) is 3.61. The van der Waals surface area contributed by atoms with Crippen LogP contribution in [0.4, 0.5) is 4.39 Å². The molecule has 0 radical (unpaired) electrons. The summed E-state index contributed by atoms with van der Waals surface area (Å²) in [4.78, 5) is 8.89. The predicted molar refractivity (Wildman–Crippen MR) is 123 cm³/mol. The average Bonchev–Trinajstić information content (AvgIpc) is 3.31. The highest BCUT2D eigenvalue weighted by molar-refractivity contribution is 7.19. The molecule has 5 nitrogen and oxygen atoms in total. The highest BCUT2D eigenvalue weighted by Crippen LogP contribution is 2.34. The summed E-state index contributed by atoms with van der Waals surface area (Å²) in [5.41, 5.74) is 2.21. The second-order valence-corrected chi connectivity index (χ2v) is 9.38. The number of aromatic nitrogens is 1. The lowest BCUT2D eigenvalue weighted by atomic mass is 9.95. The molecule has 7 heteroatoms. The summed E-state index contributed by atoms with van der Waals surface area (Å²) < 4.78 is 15.0. The number of hydrogen-bond acceptors (Lipinski definition) is 5. The minimum Gasteiger partial charge on any atom is -0.510 e. The van der Waals surface area contributed by atoms with Gasteiger partial charge in [0.05, 0.1) is 22.3 Å². The smallest absolute Gasteiger partial charge is 0.135 e. The van der Waals surface area contributed by atoms with Gasteiger partial charge in [0.15, 0.2) is 0 Å². The third-order valence-electron chi connectivity index (χ3n) is 6.23. The van der Waals surface area contributed by atoms with Gasteiger partial charge in [-0.15, -0.1) is 11.3 Å². The van der Waals surface area contributed by atoms with Gasteiger partial charge in [0.2, 0.25) is 0 Å². The van der Waals surface area contributed by atoms with Gasteiger partial charge in [0.25, 0.3) is 0 Å². The third-order valence-corrected chi connectivity index (χ3v) is 7.28. The fourth-order valence-corrected chi connectivity index (χ4v) is 5.53. The molecule has 1 saturated heterocycles. The molecule has 0 unspecified atom stereocenters. The molecule has 2 aliphatic rings. The summed E-state index contributed by atoms with van der Waals surface area (Å²) in [5, 5.41) is 20.0. The van der Waals surface area contributed by atoms with E-state index in [1.54, 1.807) is 6.07 Å². The molecule has 3 aromatic rings. The van der Waals surface area contributed by atoms with Gasteiger partial charge in [0, 0.05) is 18.7 Å². The van der Waals surface area contributed by atoms with Crippen LogP contribution in [0.15, 0.2) is 54.3 Å². The number of nitrogens with zero attached hydrogens (tertiary/aromatic N) is 3. The van der Waals surface area contributed by atoms with Crippen LogP contribution in [0, 0.1) is 17.1 Å². The molecule has 2 aromatic carbocycles. The highest BCUT2D eigenvalue weighted by atomic mass is 32.1. The van der Waals surface area contributed by atoms with Crippen molar-refractivity contribution in [3.63, 3.8) is 0 Å². The molecule has 0 spiro atoms. The molecule has 0 bridgehead atoms.